The first-order valence-corrected chi connectivity index (χ1v) is 11.2. The molecule has 0 aliphatic carbocycles. The van der Waals surface area contributed by atoms with Gasteiger partial charge in [-0.3, -0.25) is 29.4 Å². The van der Waals surface area contributed by atoms with Crippen molar-refractivity contribution >= 4 is 0 Å². The third-order valence-electron chi connectivity index (χ3n) is 5.22. The predicted octanol–water partition coefficient (Wildman–Crippen LogP) is -1.91. The van der Waals surface area contributed by atoms with Crippen molar-refractivity contribution in [3.8, 4) is 0 Å². The molecule has 0 amide bonds. The topological polar surface area (TPSA) is 100 Å². The molecule has 2 heterocycles. The maximum absolute atomic E-state index is 9.81. The largest absolute Gasteiger partial charge is 0.392 e. The normalized spacial score (nSPS) is 26.0. The summed E-state index contributed by atoms with van der Waals surface area (Å²) in [6.07, 6.45) is -1.54. The van der Waals surface area contributed by atoms with Gasteiger partial charge in [0.1, 0.15) is 0 Å². The average Bonchev–Trinajstić information content (AvgIpc) is 2.57. The highest BCUT2D eigenvalue weighted by Crippen LogP contribution is 2.12. The van der Waals surface area contributed by atoms with E-state index in [1.807, 2.05) is 0 Å². The molecular formula is C20H44N6O4. The highest BCUT2D eigenvalue weighted by Gasteiger charge is 2.28. The molecule has 30 heavy (non-hydrogen) atoms. The van der Waals surface area contributed by atoms with Gasteiger partial charge in [-0.15, -0.1) is 0 Å². The molecule has 10 nitrogen and oxygen atoms in total. The maximum Gasteiger partial charge on any atom is 0.0640 e. The average molecular weight is 433 g/mol. The van der Waals surface area contributed by atoms with E-state index in [0.717, 1.165) is 53.1 Å². The third kappa shape index (κ3) is 9.82. The van der Waals surface area contributed by atoms with Crippen LogP contribution < -0.4 is 0 Å². The molecule has 0 saturated carbocycles. The van der Waals surface area contributed by atoms with Gasteiger partial charge in [0.15, 0.2) is 0 Å². The van der Waals surface area contributed by atoms with E-state index >= 15 is 0 Å². The van der Waals surface area contributed by atoms with Crippen molar-refractivity contribution in [2.24, 2.45) is 0 Å². The molecule has 2 rings (SSSR count). The van der Waals surface area contributed by atoms with Crippen LogP contribution in [-0.4, -0.2) is 154 Å². The molecule has 2 saturated heterocycles. The number of hydrogen-bond donors (Lipinski definition) is 4. The molecule has 2 fully saturated rings. The van der Waals surface area contributed by atoms with E-state index in [1.165, 1.54) is 0 Å². The Balaban J connectivity index is 1.92. The quantitative estimate of drug-likeness (QED) is 0.296. The summed E-state index contributed by atoms with van der Waals surface area (Å²) in [6, 6.07) is 0. The molecular weight excluding hydrogens is 388 g/mol. The van der Waals surface area contributed by atoms with Crippen LogP contribution in [0.2, 0.25) is 0 Å². The molecule has 2 aliphatic heterocycles. The summed E-state index contributed by atoms with van der Waals surface area (Å²) >= 11 is 0. The first kappa shape index (κ1) is 25.9. The number of nitrogens with zero attached hydrogens (tertiary/aromatic N) is 6. The molecule has 4 atom stereocenters. The van der Waals surface area contributed by atoms with Crippen LogP contribution in [0, 0.1) is 0 Å². The molecule has 2 aliphatic rings. The second-order valence-corrected chi connectivity index (χ2v) is 9.45. The van der Waals surface area contributed by atoms with Gasteiger partial charge >= 0.3 is 0 Å². The lowest BCUT2D eigenvalue weighted by molar-refractivity contribution is -0.0773. The fourth-order valence-corrected chi connectivity index (χ4v) is 4.49. The summed E-state index contributed by atoms with van der Waals surface area (Å²) in [7, 11) is 0. The summed E-state index contributed by atoms with van der Waals surface area (Å²) in [4.78, 5) is 13.6. The summed E-state index contributed by atoms with van der Waals surface area (Å²) in [5.41, 5.74) is 0. The first-order valence-electron chi connectivity index (χ1n) is 11.2. The molecule has 0 aromatic carbocycles. The van der Waals surface area contributed by atoms with E-state index in [0.29, 0.717) is 26.2 Å². The van der Waals surface area contributed by atoms with Gasteiger partial charge in [-0.2, -0.15) is 0 Å². The van der Waals surface area contributed by atoms with Crippen molar-refractivity contribution in [1.82, 2.24) is 29.4 Å². The SMILES string of the molecule is CC(O)CN1CN(CCN2CN(CC(C)O)CN(CC(C)O)C2)CN(CC(C)O)C1. The van der Waals surface area contributed by atoms with E-state index in [9.17, 15) is 20.4 Å². The molecule has 10 heteroatoms. The Labute approximate surface area is 181 Å². The predicted molar refractivity (Wildman–Crippen MR) is 116 cm³/mol. The third-order valence-corrected chi connectivity index (χ3v) is 5.22. The summed E-state index contributed by atoms with van der Waals surface area (Å²) in [5, 5.41) is 39.2. The number of rotatable bonds is 11. The fourth-order valence-electron chi connectivity index (χ4n) is 4.49. The van der Waals surface area contributed by atoms with Gasteiger partial charge in [0.25, 0.3) is 0 Å². The number of aliphatic hydroxyl groups excluding tert-OH is 4. The Hall–Kier alpha value is -0.400. The van der Waals surface area contributed by atoms with Gasteiger partial charge < -0.3 is 20.4 Å². The lowest BCUT2D eigenvalue weighted by atomic mass is 10.3. The van der Waals surface area contributed by atoms with Crippen LogP contribution in [0.4, 0.5) is 0 Å². The molecule has 0 aromatic rings. The Bertz CT molecular complexity index is 404. The fraction of sp³-hybridized carbons (Fsp3) is 1.00. The van der Waals surface area contributed by atoms with E-state index < -0.39 is 0 Å². The van der Waals surface area contributed by atoms with Crippen LogP contribution in [0.1, 0.15) is 27.7 Å². The summed E-state index contributed by atoms with van der Waals surface area (Å²) in [6.45, 7) is 16.1. The summed E-state index contributed by atoms with van der Waals surface area (Å²) < 4.78 is 0. The van der Waals surface area contributed by atoms with Crippen molar-refractivity contribution in [3.63, 3.8) is 0 Å². The zero-order chi connectivity index (χ0) is 22.3. The van der Waals surface area contributed by atoms with Gasteiger partial charge in [-0.05, 0) is 27.7 Å². The maximum atomic E-state index is 9.81. The van der Waals surface area contributed by atoms with Crippen molar-refractivity contribution in [3.05, 3.63) is 0 Å². The van der Waals surface area contributed by atoms with Crippen molar-refractivity contribution in [2.45, 2.75) is 52.1 Å². The van der Waals surface area contributed by atoms with Gasteiger partial charge in [0.05, 0.1) is 64.4 Å². The second-order valence-electron chi connectivity index (χ2n) is 9.45. The van der Waals surface area contributed by atoms with E-state index in [2.05, 4.69) is 29.4 Å². The standard InChI is InChI=1S/C20H44N6O4/c1-17(27)7-23-11-21(12-24(15-23)8-18(2)28)5-6-22-13-25(9-19(3)29)16-26(14-22)10-20(4)30/h17-20,27-30H,5-16H2,1-4H3. The van der Waals surface area contributed by atoms with Gasteiger partial charge in [0.2, 0.25) is 0 Å². The van der Waals surface area contributed by atoms with Crippen LogP contribution >= 0.6 is 0 Å². The van der Waals surface area contributed by atoms with Crippen LogP contribution in [0.25, 0.3) is 0 Å². The molecule has 4 N–H and O–H groups in total. The number of hydrogen-bond acceptors (Lipinski definition) is 10. The zero-order valence-corrected chi connectivity index (χ0v) is 19.3. The summed E-state index contributed by atoms with van der Waals surface area (Å²) in [5.74, 6) is 0. The highest BCUT2D eigenvalue weighted by atomic mass is 16.3. The Morgan fingerprint density at radius 3 is 0.833 bits per heavy atom. The van der Waals surface area contributed by atoms with Crippen molar-refractivity contribution in [2.75, 3.05) is 79.3 Å². The van der Waals surface area contributed by atoms with Crippen LogP contribution in [-0.2, 0) is 0 Å². The lowest BCUT2D eigenvalue weighted by Gasteiger charge is -2.46. The van der Waals surface area contributed by atoms with Gasteiger partial charge in [0, 0.05) is 39.3 Å². The monoisotopic (exact) mass is 432 g/mol. The molecule has 0 bridgehead atoms. The Morgan fingerprint density at radius 2 is 0.633 bits per heavy atom. The molecule has 0 spiro atoms. The van der Waals surface area contributed by atoms with Gasteiger partial charge in [-0.1, -0.05) is 0 Å². The number of aliphatic hydroxyl groups is 4. The van der Waals surface area contributed by atoms with Crippen LogP contribution in [0.3, 0.4) is 0 Å². The van der Waals surface area contributed by atoms with Crippen LogP contribution in [0.15, 0.2) is 0 Å². The molecule has 0 radical (unpaired) electrons. The smallest absolute Gasteiger partial charge is 0.0640 e. The van der Waals surface area contributed by atoms with E-state index in [1.54, 1.807) is 27.7 Å². The zero-order valence-electron chi connectivity index (χ0n) is 19.3. The van der Waals surface area contributed by atoms with E-state index in [-0.39, 0.29) is 24.4 Å². The number of β-amino-alcohol motifs (C(OH)–C–C–N with tert-alkyl or cyclic N) is 4. The van der Waals surface area contributed by atoms with Crippen molar-refractivity contribution in [1.29, 1.82) is 0 Å². The highest BCUT2D eigenvalue weighted by molar-refractivity contribution is 4.76. The minimum absolute atomic E-state index is 0.386. The minimum atomic E-state index is -0.386. The second kappa shape index (κ2) is 12.6. The molecule has 178 valence electrons. The molecule has 4 unspecified atom stereocenters. The van der Waals surface area contributed by atoms with Crippen LogP contribution in [0.5, 0.6) is 0 Å². The minimum Gasteiger partial charge on any atom is -0.392 e. The molecule has 0 aromatic heterocycles. The lowest BCUT2D eigenvalue weighted by Crippen LogP contribution is -2.60. The van der Waals surface area contributed by atoms with Gasteiger partial charge in [-0.25, -0.2) is 0 Å². The first-order chi connectivity index (χ1) is 14.1. The van der Waals surface area contributed by atoms with Crippen molar-refractivity contribution < 1.29 is 20.4 Å². The Kier molecular flexibility index (Phi) is 10.9. The Morgan fingerprint density at radius 1 is 0.433 bits per heavy atom. The van der Waals surface area contributed by atoms with E-state index in [4.69, 9.17) is 0 Å².